The molecule has 0 spiro atoms. The van der Waals surface area contributed by atoms with Gasteiger partial charge in [-0.3, -0.25) is 5.32 Å². The third-order valence-electron chi connectivity index (χ3n) is 3.52. The Morgan fingerprint density at radius 1 is 1.38 bits per heavy atom. The van der Waals surface area contributed by atoms with E-state index in [9.17, 15) is 13.5 Å². The van der Waals surface area contributed by atoms with E-state index in [-0.39, 0.29) is 5.75 Å². The summed E-state index contributed by atoms with van der Waals surface area (Å²) < 4.78 is 23.2. The van der Waals surface area contributed by atoms with Gasteiger partial charge in [0.1, 0.15) is 5.37 Å². The molecular formula is C10H20N2O3S. The first-order chi connectivity index (χ1) is 7.52. The summed E-state index contributed by atoms with van der Waals surface area (Å²) in [6.45, 7) is 1.99. The molecule has 0 aliphatic carbocycles. The van der Waals surface area contributed by atoms with Crippen molar-refractivity contribution in [1.29, 1.82) is 0 Å². The van der Waals surface area contributed by atoms with Gasteiger partial charge in [-0.15, -0.1) is 0 Å². The van der Waals surface area contributed by atoms with E-state index in [1.165, 1.54) is 0 Å². The maximum Gasteiger partial charge on any atom is 0.166 e. The van der Waals surface area contributed by atoms with Gasteiger partial charge >= 0.3 is 0 Å². The molecule has 6 heteroatoms. The minimum atomic E-state index is -2.95. The van der Waals surface area contributed by atoms with E-state index in [4.69, 9.17) is 0 Å². The lowest BCUT2D eigenvalue weighted by molar-refractivity contribution is 0.0106. The van der Waals surface area contributed by atoms with Gasteiger partial charge in [0.05, 0.1) is 11.4 Å². The average Bonchev–Trinajstić information content (AvgIpc) is 2.56. The number of sulfone groups is 1. The van der Waals surface area contributed by atoms with Crippen LogP contribution < -0.4 is 10.6 Å². The Morgan fingerprint density at radius 3 is 2.62 bits per heavy atom. The van der Waals surface area contributed by atoms with Crippen molar-refractivity contribution in [3.05, 3.63) is 0 Å². The summed E-state index contributed by atoms with van der Waals surface area (Å²) in [5.41, 5.74) is -0.733. The molecule has 1 unspecified atom stereocenters. The van der Waals surface area contributed by atoms with Crippen LogP contribution in [0.2, 0.25) is 0 Å². The molecule has 16 heavy (non-hydrogen) atoms. The van der Waals surface area contributed by atoms with Crippen LogP contribution in [0, 0.1) is 0 Å². The lowest BCUT2D eigenvalue weighted by Gasteiger charge is -2.33. The van der Waals surface area contributed by atoms with Crippen LogP contribution in [0.3, 0.4) is 0 Å². The molecule has 5 nitrogen and oxygen atoms in total. The zero-order chi connectivity index (χ0) is 11.6. The minimum Gasteiger partial charge on any atom is -0.388 e. The molecule has 0 bridgehead atoms. The zero-order valence-electron chi connectivity index (χ0n) is 9.41. The molecule has 2 aliphatic rings. The van der Waals surface area contributed by atoms with Crippen molar-refractivity contribution in [2.24, 2.45) is 0 Å². The molecule has 2 fully saturated rings. The number of nitrogens with one attached hydrogen (secondary N) is 2. The molecule has 1 atom stereocenters. The third kappa shape index (κ3) is 2.74. The average molecular weight is 248 g/mol. The molecule has 0 aromatic carbocycles. The summed E-state index contributed by atoms with van der Waals surface area (Å²) in [7, 11) is -2.95. The summed E-state index contributed by atoms with van der Waals surface area (Å²) in [6.07, 6.45) is 2.79. The van der Waals surface area contributed by atoms with E-state index in [1.807, 2.05) is 0 Å². The lowest BCUT2D eigenvalue weighted by atomic mass is 9.92. The van der Waals surface area contributed by atoms with Crippen LogP contribution in [0.1, 0.15) is 25.7 Å². The van der Waals surface area contributed by atoms with Gasteiger partial charge in [0.2, 0.25) is 0 Å². The number of rotatable bonds is 3. The van der Waals surface area contributed by atoms with Crippen molar-refractivity contribution in [2.75, 3.05) is 25.4 Å². The van der Waals surface area contributed by atoms with Crippen LogP contribution in [0.4, 0.5) is 0 Å². The monoisotopic (exact) mass is 248 g/mol. The van der Waals surface area contributed by atoms with Crippen molar-refractivity contribution < 1.29 is 13.5 Å². The van der Waals surface area contributed by atoms with E-state index >= 15 is 0 Å². The predicted molar refractivity (Wildman–Crippen MR) is 61.9 cm³/mol. The minimum absolute atomic E-state index is 0.282. The third-order valence-corrected chi connectivity index (χ3v) is 5.65. The van der Waals surface area contributed by atoms with Crippen LogP contribution in [0.15, 0.2) is 0 Å². The Labute approximate surface area is 96.5 Å². The van der Waals surface area contributed by atoms with Crippen molar-refractivity contribution in [1.82, 2.24) is 10.6 Å². The maximum atomic E-state index is 11.6. The first-order valence-electron chi connectivity index (χ1n) is 5.90. The summed E-state index contributed by atoms with van der Waals surface area (Å²) in [6, 6.07) is 0. The van der Waals surface area contributed by atoms with E-state index < -0.39 is 20.8 Å². The first-order valence-corrected chi connectivity index (χ1v) is 7.61. The number of hydrogen-bond donors (Lipinski definition) is 3. The topological polar surface area (TPSA) is 78.4 Å². The molecule has 0 aromatic heterocycles. The van der Waals surface area contributed by atoms with Crippen LogP contribution in [-0.2, 0) is 9.84 Å². The maximum absolute atomic E-state index is 11.6. The van der Waals surface area contributed by atoms with Crippen molar-refractivity contribution in [3.63, 3.8) is 0 Å². The number of hydrogen-bond acceptors (Lipinski definition) is 5. The molecule has 3 N–H and O–H groups in total. The Balaban J connectivity index is 1.87. The second kappa shape index (κ2) is 4.60. The second-order valence-electron chi connectivity index (χ2n) is 4.85. The van der Waals surface area contributed by atoms with E-state index in [0.29, 0.717) is 25.8 Å². The SMILES string of the molecule is O=S1(=O)CCCC1NCC1(O)CCNCC1. The van der Waals surface area contributed by atoms with E-state index in [0.717, 1.165) is 19.5 Å². The Morgan fingerprint density at radius 2 is 2.06 bits per heavy atom. The molecule has 0 saturated carbocycles. The number of piperidine rings is 1. The normalized spacial score (nSPS) is 32.7. The summed E-state index contributed by atoms with van der Waals surface area (Å²) in [4.78, 5) is 0. The highest BCUT2D eigenvalue weighted by Gasteiger charge is 2.35. The second-order valence-corrected chi connectivity index (χ2v) is 7.16. The smallest absolute Gasteiger partial charge is 0.166 e. The van der Waals surface area contributed by atoms with E-state index in [1.54, 1.807) is 0 Å². The lowest BCUT2D eigenvalue weighted by Crippen LogP contribution is -2.51. The van der Waals surface area contributed by atoms with Crippen molar-refractivity contribution in [3.8, 4) is 0 Å². The van der Waals surface area contributed by atoms with Crippen LogP contribution in [-0.4, -0.2) is 49.9 Å². The quantitative estimate of drug-likeness (QED) is 0.611. The molecule has 0 amide bonds. The standard InChI is InChI=1S/C10H20N2O3S/c13-10(3-5-11-6-4-10)8-12-9-2-1-7-16(9,14)15/h9,11-13H,1-8H2. The van der Waals surface area contributed by atoms with Gasteiger partial charge < -0.3 is 10.4 Å². The molecule has 2 rings (SSSR count). The molecule has 2 saturated heterocycles. The molecule has 2 aliphatic heterocycles. The fourth-order valence-electron chi connectivity index (χ4n) is 2.39. The fourth-order valence-corrected chi connectivity index (χ4v) is 4.11. The zero-order valence-corrected chi connectivity index (χ0v) is 10.2. The Hall–Kier alpha value is -0.170. The van der Waals surface area contributed by atoms with Gasteiger partial charge in [-0.2, -0.15) is 0 Å². The number of aliphatic hydroxyl groups is 1. The highest BCUT2D eigenvalue weighted by molar-refractivity contribution is 7.92. The Kier molecular flexibility index (Phi) is 3.53. The van der Waals surface area contributed by atoms with Gasteiger partial charge in [-0.05, 0) is 38.8 Å². The molecule has 94 valence electrons. The highest BCUT2D eigenvalue weighted by Crippen LogP contribution is 2.21. The van der Waals surface area contributed by atoms with Crippen molar-refractivity contribution in [2.45, 2.75) is 36.7 Å². The summed E-state index contributed by atoms with van der Waals surface area (Å²) in [5, 5.41) is 16.0. The fraction of sp³-hybridized carbons (Fsp3) is 1.00. The molecule has 0 aromatic rings. The van der Waals surface area contributed by atoms with Crippen LogP contribution in [0.5, 0.6) is 0 Å². The van der Waals surface area contributed by atoms with Gasteiger partial charge in [0.15, 0.2) is 9.84 Å². The van der Waals surface area contributed by atoms with Gasteiger partial charge in [0.25, 0.3) is 0 Å². The summed E-state index contributed by atoms with van der Waals surface area (Å²) >= 11 is 0. The van der Waals surface area contributed by atoms with Crippen LogP contribution in [0.25, 0.3) is 0 Å². The highest BCUT2D eigenvalue weighted by atomic mass is 32.2. The predicted octanol–water partition coefficient (Wildman–Crippen LogP) is -0.775. The Bertz CT molecular complexity index is 336. The molecule has 2 heterocycles. The van der Waals surface area contributed by atoms with Gasteiger partial charge in [0, 0.05) is 6.54 Å². The van der Waals surface area contributed by atoms with Crippen LogP contribution >= 0.6 is 0 Å². The molecular weight excluding hydrogens is 228 g/mol. The van der Waals surface area contributed by atoms with E-state index in [2.05, 4.69) is 10.6 Å². The van der Waals surface area contributed by atoms with Gasteiger partial charge in [-0.25, -0.2) is 8.42 Å². The van der Waals surface area contributed by atoms with Crippen molar-refractivity contribution >= 4 is 9.84 Å². The largest absolute Gasteiger partial charge is 0.388 e. The van der Waals surface area contributed by atoms with Gasteiger partial charge in [-0.1, -0.05) is 0 Å². The molecule has 0 radical (unpaired) electrons. The first kappa shape index (κ1) is 12.3. The summed E-state index contributed by atoms with van der Waals surface area (Å²) in [5.74, 6) is 0.282.